The zero-order valence-corrected chi connectivity index (χ0v) is 45.4. The van der Waals surface area contributed by atoms with Gasteiger partial charge in [-0.05, 0) is 108 Å². The summed E-state index contributed by atoms with van der Waals surface area (Å²) in [6.45, 7) is 13.6. The summed E-state index contributed by atoms with van der Waals surface area (Å²) in [7, 11) is -0.996. The van der Waals surface area contributed by atoms with Crippen LogP contribution in [-0.4, -0.2) is 120 Å². The Bertz CT molecular complexity index is 3020. The van der Waals surface area contributed by atoms with E-state index in [2.05, 4.69) is 78.7 Å². The topological polar surface area (TPSA) is 165 Å². The molecule has 5 saturated heterocycles. The van der Waals surface area contributed by atoms with Crippen LogP contribution in [0.1, 0.15) is 89.0 Å². The number of aromatic nitrogens is 3. The number of halogens is 3. The summed E-state index contributed by atoms with van der Waals surface area (Å²) < 4.78 is 52.3. The third-order valence-electron chi connectivity index (χ3n) is 16.2. The summed E-state index contributed by atoms with van der Waals surface area (Å²) >= 11 is 3.67. The minimum Gasteiger partial charge on any atom is -0.494 e. The summed E-state index contributed by atoms with van der Waals surface area (Å²) in [4.78, 5) is 61.5. The number of aryl methyl sites for hydroxylation is 2. The quantitative estimate of drug-likeness (QED) is 0.0756. The van der Waals surface area contributed by atoms with Crippen molar-refractivity contribution >= 4 is 91.5 Å². The molecule has 392 valence electrons. The van der Waals surface area contributed by atoms with E-state index < -0.39 is 41.9 Å². The molecule has 0 bridgehead atoms. The molecule has 1 unspecified atom stereocenters. The number of pyridine rings is 1. The second kappa shape index (κ2) is 21.1. The van der Waals surface area contributed by atoms with E-state index in [0.29, 0.717) is 72.2 Å². The number of imide groups is 1. The number of piperidine rings is 2. The number of piperazine rings is 1. The summed E-state index contributed by atoms with van der Waals surface area (Å²) in [6.07, 6.45) is 8.61. The van der Waals surface area contributed by atoms with Crippen LogP contribution in [0.3, 0.4) is 0 Å². The van der Waals surface area contributed by atoms with E-state index >= 15 is 8.78 Å². The lowest BCUT2D eigenvalue weighted by Gasteiger charge is -2.44. The lowest BCUT2D eigenvalue weighted by Crippen LogP contribution is -2.56. The van der Waals surface area contributed by atoms with Gasteiger partial charge in [-0.3, -0.25) is 29.6 Å². The van der Waals surface area contributed by atoms with Gasteiger partial charge in [-0.1, -0.05) is 33.8 Å². The smallest absolute Gasteiger partial charge is 0.234 e. The summed E-state index contributed by atoms with van der Waals surface area (Å²) in [5, 5.41) is 10.9. The Kier molecular flexibility index (Phi) is 14.8. The Hall–Kier alpha value is -5.71. The van der Waals surface area contributed by atoms with Crippen molar-refractivity contribution in [2.75, 3.05) is 92.2 Å². The van der Waals surface area contributed by atoms with Gasteiger partial charge in [0.1, 0.15) is 30.3 Å². The largest absolute Gasteiger partial charge is 0.494 e. The fourth-order valence-corrected chi connectivity index (χ4v) is 15.7. The van der Waals surface area contributed by atoms with Crippen molar-refractivity contribution < 1.29 is 32.5 Å². The minimum atomic E-state index is -2.67. The van der Waals surface area contributed by atoms with Crippen LogP contribution in [0.4, 0.5) is 43.3 Å². The highest BCUT2D eigenvalue weighted by Gasteiger charge is 2.46. The third-order valence-corrected chi connectivity index (χ3v) is 20.1. The van der Waals surface area contributed by atoms with Crippen molar-refractivity contribution in [3.63, 3.8) is 0 Å². The average molecular weight is 1100 g/mol. The van der Waals surface area contributed by atoms with Crippen molar-refractivity contribution in [2.45, 2.75) is 91.0 Å². The van der Waals surface area contributed by atoms with Crippen LogP contribution >= 0.6 is 23.1 Å². The molecular formula is C55H66BrF2N10O5P. The fourth-order valence-electron chi connectivity index (χ4n) is 12.1. The monoisotopic (exact) mass is 1090 g/mol. The van der Waals surface area contributed by atoms with Crippen molar-refractivity contribution in [1.29, 1.82) is 0 Å². The number of anilines is 6. The maximum Gasteiger partial charge on any atom is 0.234 e. The van der Waals surface area contributed by atoms with Gasteiger partial charge in [0.2, 0.25) is 23.7 Å². The molecule has 3 N–H and O–H groups in total. The number of methoxy groups -OCH3 is 1. The zero-order valence-electron chi connectivity index (χ0n) is 42.9. The average Bonchev–Trinajstić information content (AvgIpc) is 3.99. The first kappa shape index (κ1) is 51.8. The van der Waals surface area contributed by atoms with E-state index in [9.17, 15) is 18.9 Å². The molecule has 15 nitrogen and oxygen atoms in total. The molecule has 5 aliphatic rings. The number of amides is 3. The molecule has 2 atom stereocenters. The van der Waals surface area contributed by atoms with E-state index in [1.165, 1.54) is 17.7 Å². The maximum atomic E-state index is 15.5. The number of carbonyl (C=O) groups is 3. The molecule has 10 rings (SSSR count). The van der Waals surface area contributed by atoms with Crippen LogP contribution in [0.15, 0.2) is 59.2 Å². The van der Waals surface area contributed by atoms with Gasteiger partial charge in [0.25, 0.3) is 0 Å². The SMILES string of the molecule is CCc1ccc2c(P3(=O)CCCC3)c(Nc3nc(Nc4cc(CC)c(N5CCC(N6CCN(C(=O)[C@H]7CN(c8cc(F)c(C9CCC(=O)NC9=O)c(F)c8)CC7(C)C)CC6)CC5)cc4OC)ncc3Br)ccc2n1. The highest BCUT2D eigenvalue weighted by Crippen LogP contribution is 2.54. The van der Waals surface area contributed by atoms with Crippen LogP contribution in [0.25, 0.3) is 10.9 Å². The van der Waals surface area contributed by atoms with E-state index in [1.807, 2.05) is 41.8 Å². The molecule has 7 heterocycles. The maximum absolute atomic E-state index is 15.5. The standard InChI is InChI=1S/C55H66BrF2N10O5P/c1-6-33-26-45(62-54-59-30-40(56)51(64-54)61-44-14-13-43-37(11-10-34(7-2)60-43)50(44)74(72)24-8-9-25-74)47(73-5)29-46(33)66-18-16-35(17-19-66)65-20-22-67(23-21-65)53(71)39-31-68(32-55(39,3)4)36-27-41(57)49(42(58)28-36)38-12-15-48(69)63-52(38)70/h10-11,13-14,26-30,35,38-39H,6-9,12,15-25,31-32H2,1-5H3,(H,63,69,70)(H2,59,61,62,64)/t38?,39-/m1/s1. The molecule has 0 radical (unpaired) electrons. The number of fused-ring (bicyclic) bond motifs is 1. The molecule has 5 fully saturated rings. The van der Waals surface area contributed by atoms with Crippen molar-refractivity contribution in [3.8, 4) is 5.75 Å². The van der Waals surface area contributed by atoms with Crippen molar-refractivity contribution in [1.82, 2.24) is 30.1 Å². The third kappa shape index (κ3) is 10.2. The number of hydrogen-bond acceptors (Lipinski definition) is 13. The molecule has 5 aliphatic heterocycles. The molecule has 0 spiro atoms. The van der Waals surface area contributed by atoms with Crippen LogP contribution < -0.4 is 35.8 Å². The number of nitrogens with one attached hydrogen (secondary N) is 3. The molecule has 5 aromatic rings. The predicted molar refractivity (Wildman–Crippen MR) is 290 cm³/mol. The first-order valence-corrected chi connectivity index (χ1v) is 29.1. The lowest BCUT2D eigenvalue weighted by atomic mass is 9.81. The van der Waals surface area contributed by atoms with Crippen LogP contribution in [0.5, 0.6) is 5.75 Å². The van der Waals surface area contributed by atoms with E-state index in [0.717, 1.165) is 104 Å². The van der Waals surface area contributed by atoms with E-state index in [-0.39, 0.29) is 30.2 Å². The van der Waals surface area contributed by atoms with Crippen LogP contribution in [-0.2, 0) is 31.8 Å². The highest BCUT2D eigenvalue weighted by molar-refractivity contribution is 9.10. The number of rotatable bonds is 13. The van der Waals surface area contributed by atoms with Crippen molar-refractivity contribution in [2.24, 2.45) is 11.3 Å². The second-order valence-electron chi connectivity index (χ2n) is 21.2. The Balaban J connectivity index is 0.762. The Morgan fingerprint density at radius 2 is 1.62 bits per heavy atom. The Morgan fingerprint density at radius 1 is 0.892 bits per heavy atom. The molecular weight excluding hydrogens is 1030 g/mol. The molecule has 19 heteroatoms. The molecule has 0 saturated carbocycles. The number of ether oxygens (including phenoxy) is 1. The highest BCUT2D eigenvalue weighted by atomic mass is 79.9. The summed E-state index contributed by atoms with van der Waals surface area (Å²) in [5.41, 5.74) is 5.24. The summed E-state index contributed by atoms with van der Waals surface area (Å²) in [6, 6.07) is 15.2. The van der Waals surface area contributed by atoms with Gasteiger partial charge < -0.3 is 34.6 Å². The molecule has 0 aliphatic carbocycles. The fraction of sp³-hybridized carbons (Fsp3) is 0.491. The zero-order chi connectivity index (χ0) is 52.1. The number of benzene rings is 3. The number of carbonyl (C=O) groups excluding carboxylic acids is 3. The van der Waals surface area contributed by atoms with Gasteiger partial charge in [0.05, 0.1) is 40.3 Å². The first-order valence-electron chi connectivity index (χ1n) is 26.2. The second-order valence-corrected chi connectivity index (χ2v) is 25.2. The van der Waals surface area contributed by atoms with E-state index in [1.54, 1.807) is 13.3 Å². The number of hydrogen-bond donors (Lipinski definition) is 3. The Morgan fingerprint density at radius 3 is 2.30 bits per heavy atom. The summed E-state index contributed by atoms with van der Waals surface area (Å²) in [5.74, 6) is -2.56. The molecule has 3 aromatic carbocycles. The molecule has 74 heavy (non-hydrogen) atoms. The number of nitrogens with zero attached hydrogens (tertiary/aromatic N) is 7. The van der Waals surface area contributed by atoms with E-state index in [4.69, 9.17) is 14.7 Å². The molecule has 2 aromatic heterocycles. The van der Waals surface area contributed by atoms with Gasteiger partial charge in [-0.15, -0.1) is 0 Å². The van der Waals surface area contributed by atoms with Gasteiger partial charge in [-0.2, -0.15) is 4.98 Å². The van der Waals surface area contributed by atoms with Gasteiger partial charge in [-0.25, -0.2) is 13.8 Å². The predicted octanol–water partition coefficient (Wildman–Crippen LogP) is 9.26. The van der Waals surface area contributed by atoms with Gasteiger partial charge >= 0.3 is 0 Å². The van der Waals surface area contributed by atoms with Gasteiger partial charge in [0.15, 0.2) is 0 Å². The lowest BCUT2D eigenvalue weighted by molar-refractivity contribution is -0.140. The van der Waals surface area contributed by atoms with Gasteiger partial charge in [0, 0.05) is 123 Å². The first-order chi connectivity index (χ1) is 35.6. The molecule has 3 amide bonds. The minimum absolute atomic E-state index is 0.0214. The normalized spacial score (nSPS) is 21.3. The van der Waals surface area contributed by atoms with Crippen molar-refractivity contribution in [3.05, 3.63) is 87.7 Å². The Labute approximate surface area is 440 Å². The van der Waals surface area contributed by atoms with Crippen LogP contribution in [0.2, 0.25) is 0 Å². The van der Waals surface area contributed by atoms with Crippen LogP contribution in [0, 0.1) is 23.0 Å².